The zero-order valence-electron chi connectivity index (χ0n) is 14.7. The SMILES string of the molecule is [2H]COc1ccc2c(c1)[C@]1(C)CCCCC1[C@@H](N(C)CC)C2. The van der Waals surface area contributed by atoms with Gasteiger partial charge in [0, 0.05) is 6.04 Å². The molecule has 2 aliphatic rings. The molecule has 0 amide bonds. The monoisotopic (exact) mass is 288 g/mol. The van der Waals surface area contributed by atoms with Gasteiger partial charge < -0.3 is 9.64 Å². The number of methoxy groups -OCH3 is 1. The van der Waals surface area contributed by atoms with E-state index >= 15 is 0 Å². The summed E-state index contributed by atoms with van der Waals surface area (Å²) in [5.74, 6) is 1.60. The highest BCUT2D eigenvalue weighted by Crippen LogP contribution is 2.51. The van der Waals surface area contributed by atoms with Crippen molar-refractivity contribution in [2.45, 2.75) is 57.4 Å². The van der Waals surface area contributed by atoms with Crippen LogP contribution in [0, 0.1) is 5.92 Å². The number of nitrogens with zero attached hydrogens (tertiary/aromatic N) is 1. The fourth-order valence-electron chi connectivity index (χ4n) is 4.73. The minimum atomic E-state index is 0.000126. The van der Waals surface area contributed by atoms with Crippen molar-refractivity contribution in [3.63, 3.8) is 0 Å². The Hall–Kier alpha value is -1.02. The van der Waals surface area contributed by atoms with Crippen LogP contribution in [0.1, 0.15) is 52.0 Å². The Balaban J connectivity index is 2.04. The normalized spacial score (nSPS) is 32.3. The van der Waals surface area contributed by atoms with E-state index < -0.39 is 0 Å². The Labute approximate surface area is 130 Å². The largest absolute Gasteiger partial charge is 0.497 e. The maximum absolute atomic E-state index is 7.30. The van der Waals surface area contributed by atoms with Crippen molar-refractivity contribution in [2.75, 3.05) is 20.7 Å². The number of benzene rings is 1. The minimum absolute atomic E-state index is 0.000126. The molecule has 3 atom stereocenters. The molecule has 1 fully saturated rings. The average molecular weight is 288 g/mol. The van der Waals surface area contributed by atoms with Gasteiger partial charge in [0.05, 0.1) is 8.46 Å². The molecule has 2 aliphatic carbocycles. The summed E-state index contributed by atoms with van der Waals surface area (Å²) in [6.07, 6.45) is 6.48. The Morgan fingerprint density at radius 2 is 2.29 bits per heavy atom. The topological polar surface area (TPSA) is 12.5 Å². The summed E-state index contributed by atoms with van der Waals surface area (Å²) in [6.45, 7) is 5.85. The molecule has 0 radical (unpaired) electrons. The molecule has 3 rings (SSSR count). The molecule has 0 aromatic heterocycles. The quantitative estimate of drug-likeness (QED) is 0.833. The molecule has 1 saturated carbocycles. The molecule has 0 bridgehead atoms. The van der Waals surface area contributed by atoms with Crippen molar-refractivity contribution in [2.24, 2.45) is 5.92 Å². The first-order valence-electron chi connectivity index (χ1n) is 9.06. The van der Waals surface area contributed by atoms with Crippen molar-refractivity contribution in [1.82, 2.24) is 4.90 Å². The second-order valence-electron chi connectivity index (χ2n) is 7.08. The molecule has 0 N–H and O–H groups in total. The Morgan fingerprint density at radius 3 is 3.05 bits per heavy atom. The third-order valence-electron chi connectivity index (χ3n) is 6.10. The number of hydrogen-bond acceptors (Lipinski definition) is 2. The summed E-state index contributed by atoms with van der Waals surface area (Å²) < 4.78 is 12.7. The van der Waals surface area contributed by atoms with E-state index in [-0.39, 0.29) is 12.5 Å². The molecule has 2 nitrogen and oxygen atoms in total. The van der Waals surface area contributed by atoms with Crippen LogP contribution in [-0.2, 0) is 11.8 Å². The zero-order valence-corrected chi connectivity index (χ0v) is 13.7. The van der Waals surface area contributed by atoms with Crippen LogP contribution in [0.25, 0.3) is 0 Å². The van der Waals surface area contributed by atoms with Gasteiger partial charge in [0.25, 0.3) is 0 Å². The van der Waals surface area contributed by atoms with Crippen LogP contribution >= 0.6 is 0 Å². The minimum Gasteiger partial charge on any atom is -0.497 e. The first kappa shape index (κ1) is 13.6. The summed E-state index contributed by atoms with van der Waals surface area (Å²) in [5, 5.41) is 0. The van der Waals surface area contributed by atoms with E-state index in [1.165, 1.54) is 36.8 Å². The lowest BCUT2D eigenvalue weighted by atomic mass is 9.56. The van der Waals surface area contributed by atoms with Crippen LogP contribution < -0.4 is 4.74 Å². The molecule has 0 heterocycles. The van der Waals surface area contributed by atoms with Crippen LogP contribution in [0.15, 0.2) is 18.2 Å². The number of hydrogen-bond donors (Lipinski definition) is 0. The third-order valence-corrected chi connectivity index (χ3v) is 6.10. The van der Waals surface area contributed by atoms with Crippen LogP contribution in [0.5, 0.6) is 5.75 Å². The molecule has 1 unspecified atom stereocenters. The van der Waals surface area contributed by atoms with Gasteiger partial charge in [-0.2, -0.15) is 0 Å². The van der Waals surface area contributed by atoms with Crippen molar-refractivity contribution in [3.8, 4) is 5.75 Å². The van der Waals surface area contributed by atoms with Gasteiger partial charge in [0.1, 0.15) is 5.75 Å². The van der Waals surface area contributed by atoms with E-state index in [4.69, 9.17) is 6.11 Å². The fourth-order valence-corrected chi connectivity index (χ4v) is 4.73. The maximum Gasteiger partial charge on any atom is 0.119 e. The van der Waals surface area contributed by atoms with Gasteiger partial charge in [-0.3, -0.25) is 0 Å². The molecule has 1 aromatic rings. The molecule has 2 heteroatoms. The van der Waals surface area contributed by atoms with Gasteiger partial charge in [-0.25, -0.2) is 0 Å². The first-order valence-corrected chi connectivity index (χ1v) is 8.36. The van der Waals surface area contributed by atoms with E-state index in [0.29, 0.717) is 6.04 Å². The molecule has 21 heavy (non-hydrogen) atoms. The van der Waals surface area contributed by atoms with Crippen LogP contribution in [0.3, 0.4) is 0 Å². The van der Waals surface area contributed by atoms with Gasteiger partial charge in [-0.05, 0) is 67.4 Å². The summed E-state index contributed by atoms with van der Waals surface area (Å²) in [7, 11) is 2.28. The van der Waals surface area contributed by atoms with Crippen molar-refractivity contribution in [1.29, 1.82) is 0 Å². The molecular weight excluding hydrogens is 258 g/mol. The molecule has 0 saturated heterocycles. The predicted octanol–water partition coefficient (Wildman–Crippen LogP) is 4.02. The van der Waals surface area contributed by atoms with Crippen LogP contribution in [0.2, 0.25) is 0 Å². The lowest BCUT2D eigenvalue weighted by Crippen LogP contribution is -2.53. The number of rotatable bonds is 3. The number of fused-ring (bicyclic) bond motifs is 3. The van der Waals surface area contributed by atoms with Gasteiger partial charge in [-0.1, -0.05) is 32.8 Å². The average Bonchev–Trinajstić information content (AvgIpc) is 2.54. The van der Waals surface area contributed by atoms with Crippen LogP contribution in [-0.4, -0.2) is 31.6 Å². The van der Waals surface area contributed by atoms with Crippen molar-refractivity contribution in [3.05, 3.63) is 29.3 Å². The highest BCUT2D eigenvalue weighted by molar-refractivity contribution is 5.44. The molecule has 116 valence electrons. The summed E-state index contributed by atoms with van der Waals surface area (Å²) >= 11 is 0. The molecular formula is C19H29NO. The highest BCUT2D eigenvalue weighted by Gasteiger charge is 2.47. The Bertz CT molecular complexity index is 532. The lowest BCUT2D eigenvalue weighted by molar-refractivity contribution is 0.0711. The molecule has 1 aromatic carbocycles. The van der Waals surface area contributed by atoms with E-state index in [0.717, 1.165) is 24.6 Å². The first-order chi connectivity index (χ1) is 10.6. The second-order valence-corrected chi connectivity index (χ2v) is 7.08. The fraction of sp³-hybridized carbons (Fsp3) is 0.684. The smallest absolute Gasteiger partial charge is 0.119 e. The van der Waals surface area contributed by atoms with Crippen molar-refractivity contribution < 1.29 is 6.11 Å². The molecule has 0 spiro atoms. The molecule has 0 aliphatic heterocycles. The van der Waals surface area contributed by atoms with Gasteiger partial charge in [-0.15, -0.1) is 0 Å². The number of ether oxygens (including phenoxy) is 1. The van der Waals surface area contributed by atoms with Crippen LogP contribution in [0.4, 0.5) is 0 Å². The Morgan fingerprint density at radius 1 is 1.43 bits per heavy atom. The second kappa shape index (κ2) is 5.64. The van der Waals surface area contributed by atoms with Gasteiger partial charge in [0.2, 0.25) is 0 Å². The zero-order chi connectivity index (χ0) is 15.7. The Kier molecular flexibility index (Phi) is 3.66. The van der Waals surface area contributed by atoms with Gasteiger partial charge in [0.15, 0.2) is 0 Å². The third kappa shape index (κ3) is 2.38. The van der Waals surface area contributed by atoms with E-state index in [1.54, 1.807) is 0 Å². The summed E-state index contributed by atoms with van der Waals surface area (Å²) in [5.41, 5.74) is 3.24. The van der Waals surface area contributed by atoms with E-state index in [1.807, 2.05) is 6.07 Å². The van der Waals surface area contributed by atoms with E-state index in [9.17, 15) is 0 Å². The van der Waals surface area contributed by atoms with Crippen molar-refractivity contribution >= 4 is 0 Å². The van der Waals surface area contributed by atoms with Gasteiger partial charge >= 0.3 is 0 Å². The lowest BCUT2D eigenvalue weighted by Gasteiger charge is -2.52. The summed E-state index contributed by atoms with van der Waals surface area (Å²) in [6, 6.07) is 7.17. The standard InChI is InChI=1S/C19H29NO/c1-5-20(3)18-12-14-9-10-15(21-4)13-17(14)19(2)11-7-6-8-16(18)19/h9-10,13,16,18H,5-8,11-12H2,1-4H3/t16?,18-,19+/m0/s1/i4D. The number of likely N-dealkylation sites (N-methyl/N-ethyl adjacent to an activating group) is 1. The predicted molar refractivity (Wildman–Crippen MR) is 88.1 cm³/mol. The highest BCUT2D eigenvalue weighted by atomic mass is 16.5. The van der Waals surface area contributed by atoms with E-state index in [2.05, 4.69) is 37.9 Å². The summed E-state index contributed by atoms with van der Waals surface area (Å²) in [4.78, 5) is 2.55. The maximum atomic E-state index is 7.30.